The summed E-state index contributed by atoms with van der Waals surface area (Å²) in [5, 5.41) is 15.6. The molecular formula is C15H27N3O7S. The molecule has 0 aromatic rings. The van der Waals surface area contributed by atoms with Crippen LogP contribution in [0.5, 0.6) is 0 Å². The number of nitrogens with one attached hydrogen (secondary N) is 1. The van der Waals surface area contributed by atoms with Gasteiger partial charge in [0.15, 0.2) is 0 Å². The standard InChI is InChI=1S/C15H27N3O7S/c1-15(2,3)25-14(22)17-11(13(20)21)6-4-5-7-18-9-10(8-12(18)19)26(16,23)24/h10-11H,4-9H2,1-3H3,(H,17,22)(H,20,21)(H2,16,23,24)/t10?,11-/m0/s1. The van der Waals surface area contributed by atoms with Gasteiger partial charge in [-0.2, -0.15) is 0 Å². The number of amides is 2. The van der Waals surface area contributed by atoms with Crippen LogP contribution in [-0.4, -0.2) is 66.4 Å². The molecule has 4 N–H and O–H groups in total. The maximum atomic E-state index is 11.8. The molecule has 0 aromatic heterocycles. The van der Waals surface area contributed by atoms with E-state index < -0.39 is 39.0 Å². The lowest BCUT2D eigenvalue weighted by atomic mass is 10.1. The van der Waals surface area contributed by atoms with Crippen molar-refractivity contribution in [2.45, 2.75) is 63.3 Å². The molecule has 0 aromatic carbocycles. The molecule has 1 heterocycles. The number of rotatable bonds is 8. The van der Waals surface area contributed by atoms with Crippen LogP contribution < -0.4 is 10.5 Å². The summed E-state index contributed by atoms with van der Waals surface area (Å²) in [7, 11) is -3.75. The molecule has 2 amide bonds. The first-order chi connectivity index (χ1) is 11.8. The van der Waals surface area contributed by atoms with Gasteiger partial charge < -0.3 is 20.1 Å². The molecule has 1 aliphatic rings. The Kier molecular flexibility index (Phi) is 7.39. The van der Waals surface area contributed by atoms with Gasteiger partial charge >= 0.3 is 12.1 Å². The Morgan fingerprint density at radius 3 is 2.46 bits per heavy atom. The zero-order valence-corrected chi connectivity index (χ0v) is 16.0. The Balaban J connectivity index is 2.41. The lowest BCUT2D eigenvalue weighted by Gasteiger charge is -2.22. The van der Waals surface area contributed by atoms with Crippen molar-refractivity contribution in [1.29, 1.82) is 0 Å². The Morgan fingerprint density at radius 1 is 1.38 bits per heavy atom. The number of primary sulfonamides is 1. The van der Waals surface area contributed by atoms with Crippen LogP contribution in [0.15, 0.2) is 0 Å². The lowest BCUT2D eigenvalue weighted by molar-refractivity contribution is -0.139. The minimum atomic E-state index is -3.75. The van der Waals surface area contributed by atoms with Gasteiger partial charge in [-0.15, -0.1) is 0 Å². The highest BCUT2D eigenvalue weighted by molar-refractivity contribution is 7.89. The van der Waals surface area contributed by atoms with Crippen molar-refractivity contribution in [3.05, 3.63) is 0 Å². The summed E-state index contributed by atoms with van der Waals surface area (Å²) < 4.78 is 27.6. The number of aliphatic carboxylic acids is 1. The maximum absolute atomic E-state index is 11.8. The van der Waals surface area contributed by atoms with Gasteiger partial charge in [0.1, 0.15) is 16.9 Å². The average molecular weight is 393 g/mol. The van der Waals surface area contributed by atoms with Crippen LogP contribution >= 0.6 is 0 Å². The monoisotopic (exact) mass is 393 g/mol. The van der Waals surface area contributed by atoms with E-state index in [2.05, 4.69) is 5.32 Å². The minimum Gasteiger partial charge on any atom is -0.480 e. The molecular weight excluding hydrogens is 366 g/mol. The third-order valence-corrected chi connectivity index (χ3v) is 5.05. The summed E-state index contributed by atoms with van der Waals surface area (Å²) in [4.78, 5) is 36.1. The first kappa shape index (κ1) is 22.2. The van der Waals surface area contributed by atoms with Gasteiger partial charge in [-0.05, 0) is 40.0 Å². The molecule has 1 rings (SSSR count). The van der Waals surface area contributed by atoms with Crippen LogP contribution in [0.3, 0.4) is 0 Å². The van der Waals surface area contributed by atoms with Crippen LogP contribution in [0.4, 0.5) is 4.79 Å². The molecule has 150 valence electrons. The number of unbranched alkanes of at least 4 members (excludes halogenated alkanes) is 1. The molecule has 0 spiro atoms. The molecule has 0 bridgehead atoms. The molecule has 0 aliphatic carbocycles. The number of sulfonamides is 1. The van der Waals surface area contributed by atoms with Crippen molar-refractivity contribution in [2.24, 2.45) is 5.14 Å². The number of carbonyl (C=O) groups excluding carboxylic acids is 2. The number of likely N-dealkylation sites (tertiary alicyclic amines) is 1. The first-order valence-corrected chi connectivity index (χ1v) is 9.92. The molecule has 11 heteroatoms. The van der Waals surface area contributed by atoms with E-state index in [1.54, 1.807) is 20.8 Å². The topological polar surface area (TPSA) is 156 Å². The summed E-state index contributed by atoms with van der Waals surface area (Å²) in [6.07, 6.45) is 0.126. The smallest absolute Gasteiger partial charge is 0.408 e. The molecule has 1 fully saturated rings. The summed E-state index contributed by atoms with van der Waals surface area (Å²) in [5.41, 5.74) is -0.733. The zero-order valence-electron chi connectivity index (χ0n) is 15.2. The van der Waals surface area contributed by atoms with E-state index in [-0.39, 0.29) is 25.3 Å². The molecule has 26 heavy (non-hydrogen) atoms. The largest absolute Gasteiger partial charge is 0.480 e. The van der Waals surface area contributed by atoms with Gasteiger partial charge in [-0.3, -0.25) is 4.79 Å². The summed E-state index contributed by atoms with van der Waals surface area (Å²) in [6, 6.07) is -1.10. The van der Waals surface area contributed by atoms with E-state index in [0.29, 0.717) is 19.4 Å². The second-order valence-corrected chi connectivity index (χ2v) is 9.13. The van der Waals surface area contributed by atoms with Crippen LogP contribution in [0.25, 0.3) is 0 Å². The van der Waals surface area contributed by atoms with Crippen LogP contribution in [0.2, 0.25) is 0 Å². The average Bonchev–Trinajstić information content (AvgIpc) is 2.81. The third kappa shape index (κ3) is 7.56. The van der Waals surface area contributed by atoms with Crippen molar-refractivity contribution >= 4 is 28.0 Å². The fourth-order valence-electron chi connectivity index (χ4n) is 2.53. The second kappa shape index (κ2) is 8.67. The quantitative estimate of drug-likeness (QED) is 0.491. The molecule has 1 saturated heterocycles. The molecule has 0 radical (unpaired) electrons. The Bertz CT molecular complexity index is 642. The van der Waals surface area contributed by atoms with Crippen molar-refractivity contribution in [3.63, 3.8) is 0 Å². The van der Waals surface area contributed by atoms with E-state index in [1.165, 1.54) is 4.90 Å². The lowest BCUT2D eigenvalue weighted by Crippen LogP contribution is -2.43. The number of carbonyl (C=O) groups is 3. The fourth-order valence-corrected chi connectivity index (χ4v) is 3.29. The van der Waals surface area contributed by atoms with Gasteiger partial charge in [0, 0.05) is 19.5 Å². The van der Waals surface area contributed by atoms with Crippen molar-refractivity contribution in [3.8, 4) is 0 Å². The normalized spacial score (nSPS) is 19.3. The highest BCUT2D eigenvalue weighted by atomic mass is 32.2. The van der Waals surface area contributed by atoms with E-state index >= 15 is 0 Å². The van der Waals surface area contributed by atoms with Gasteiger partial charge in [0.05, 0.1) is 0 Å². The number of hydrogen-bond acceptors (Lipinski definition) is 6. The number of carboxylic acids is 1. The van der Waals surface area contributed by atoms with E-state index in [9.17, 15) is 27.9 Å². The number of nitrogens with zero attached hydrogens (tertiary/aromatic N) is 1. The van der Waals surface area contributed by atoms with Crippen LogP contribution in [0, 0.1) is 0 Å². The summed E-state index contributed by atoms with van der Waals surface area (Å²) >= 11 is 0. The SMILES string of the molecule is CC(C)(C)OC(=O)N[C@@H](CCCCN1CC(S(N)(=O)=O)CC1=O)C(=O)O. The van der Waals surface area contributed by atoms with Crippen LogP contribution in [-0.2, 0) is 24.3 Å². The third-order valence-electron chi connectivity index (χ3n) is 3.80. The van der Waals surface area contributed by atoms with Gasteiger partial charge in [-0.1, -0.05) is 0 Å². The Hall–Kier alpha value is -1.88. The Labute approximate surface area is 153 Å². The molecule has 1 aliphatic heterocycles. The van der Waals surface area contributed by atoms with Crippen molar-refractivity contribution in [2.75, 3.05) is 13.1 Å². The summed E-state index contributed by atoms with van der Waals surface area (Å²) in [5.74, 6) is -1.46. The van der Waals surface area contributed by atoms with Gasteiger partial charge in [-0.25, -0.2) is 23.1 Å². The summed E-state index contributed by atoms with van der Waals surface area (Å²) in [6.45, 7) is 5.37. The van der Waals surface area contributed by atoms with Gasteiger partial charge in [0.25, 0.3) is 0 Å². The van der Waals surface area contributed by atoms with Gasteiger partial charge in [0.2, 0.25) is 15.9 Å². The second-order valence-electron chi connectivity index (χ2n) is 7.29. The first-order valence-electron chi connectivity index (χ1n) is 8.31. The zero-order chi connectivity index (χ0) is 20.1. The highest BCUT2D eigenvalue weighted by Crippen LogP contribution is 2.17. The predicted octanol–water partition coefficient (Wildman–Crippen LogP) is 0.0240. The minimum absolute atomic E-state index is 0.0518. The molecule has 0 saturated carbocycles. The molecule has 2 atom stereocenters. The van der Waals surface area contributed by atoms with E-state index in [4.69, 9.17) is 9.88 Å². The maximum Gasteiger partial charge on any atom is 0.408 e. The predicted molar refractivity (Wildman–Crippen MR) is 92.7 cm³/mol. The number of alkyl carbamates (subject to hydrolysis) is 1. The van der Waals surface area contributed by atoms with E-state index in [0.717, 1.165) is 0 Å². The van der Waals surface area contributed by atoms with Crippen molar-refractivity contribution in [1.82, 2.24) is 10.2 Å². The van der Waals surface area contributed by atoms with Crippen LogP contribution in [0.1, 0.15) is 46.5 Å². The Morgan fingerprint density at radius 2 is 2.00 bits per heavy atom. The van der Waals surface area contributed by atoms with Crippen molar-refractivity contribution < 1.29 is 32.6 Å². The fraction of sp³-hybridized carbons (Fsp3) is 0.800. The number of nitrogens with two attached hydrogens (primary N) is 1. The van der Waals surface area contributed by atoms with E-state index in [1.807, 2.05) is 0 Å². The number of hydrogen-bond donors (Lipinski definition) is 3. The number of ether oxygens (including phenoxy) is 1. The molecule has 10 nitrogen and oxygen atoms in total. The highest BCUT2D eigenvalue weighted by Gasteiger charge is 2.36. The molecule has 1 unspecified atom stereocenters. The number of carboxylic acid groups (broad SMARTS) is 1.